The van der Waals surface area contributed by atoms with Crippen LogP contribution >= 0.6 is 27.5 Å². The average Bonchev–Trinajstić information content (AvgIpc) is 3.07. The number of halogens is 2. The first kappa shape index (κ1) is 16.8. The maximum Gasteiger partial charge on any atom is 0.244 e. The van der Waals surface area contributed by atoms with E-state index in [1.165, 1.54) is 6.21 Å². The molecule has 128 valence electrons. The zero-order valence-corrected chi connectivity index (χ0v) is 15.7. The molecular weight excluding hydrogens is 416 g/mol. The van der Waals surface area contributed by atoms with Gasteiger partial charge in [-0.05, 0) is 41.9 Å². The number of anilines is 1. The van der Waals surface area contributed by atoms with Crippen LogP contribution in [0.5, 0.6) is 0 Å². The molecule has 0 aliphatic carbocycles. The molecule has 0 atom stereocenters. The number of aromatic nitrogens is 2. The minimum atomic E-state index is 0.311. The van der Waals surface area contributed by atoms with E-state index < -0.39 is 0 Å². The first-order valence-corrected chi connectivity index (χ1v) is 8.93. The molecule has 0 aliphatic rings. The Balaban J connectivity index is 1.74. The standard InChI is InChI=1S/C19H12BrClN4O/c20-13-6-8-16-15(10-13)18(12-4-2-1-3-5-12)24-19(23-16)25-22-11-14-7-9-17(21)26-14/h1-11H,(H,23,24,25). The predicted molar refractivity (Wildman–Crippen MR) is 108 cm³/mol. The van der Waals surface area contributed by atoms with Crippen molar-refractivity contribution in [2.75, 3.05) is 5.43 Å². The average molecular weight is 428 g/mol. The van der Waals surface area contributed by atoms with Crippen LogP contribution in [-0.2, 0) is 0 Å². The summed E-state index contributed by atoms with van der Waals surface area (Å²) in [6.07, 6.45) is 1.52. The minimum absolute atomic E-state index is 0.311. The molecule has 0 unspecified atom stereocenters. The lowest BCUT2D eigenvalue weighted by molar-refractivity contribution is 0.562. The number of hydrogen-bond acceptors (Lipinski definition) is 5. The summed E-state index contributed by atoms with van der Waals surface area (Å²) in [5, 5.41) is 5.39. The summed E-state index contributed by atoms with van der Waals surface area (Å²) in [5.74, 6) is 0.933. The lowest BCUT2D eigenvalue weighted by Gasteiger charge is -2.09. The van der Waals surface area contributed by atoms with Gasteiger partial charge in [-0.15, -0.1) is 0 Å². The molecule has 0 fully saturated rings. The highest BCUT2D eigenvalue weighted by Gasteiger charge is 2.10. The Morgan fingerprint density at radius 2 is 1.88 bits per heavy atom. The Labute approximate surface area is 162 Å². The molecule has 26 heavy (non-hydrogen) atoms. The van der Waals surface area contributed by atoms with E-state index >= 15 is 0 Å². The van der Waals surface area contributed by atoms with Gasteiger partial charge in [0.1, 0.15) is 5.76 Å². The van der Waals surface area contributed by atoms with Crippen molar-refractivity contribution in [3.63, 3.8) is 0 Å². The van der Waals surface area contributed by atoms with Crippen LogP contribution in [0.25, 0.3) is 22.2 Å². The van der Waals surface area contributed by atoms with Crippen LogP contribution in [0.15, 0.2) is 74.7 Å². The van der Waals surface area contributed by atoms with Gasteiger partial charge in [0.15, 0.2) is 5.22 Å². The summed E-state index contributed by atoms with van der Waals surface area (Å²) in [6, 6.07) is 19.2. The monoisotopic (exact) mass is 426 g/mol. The number of nitrogens with zero attached hydrogens (tertiary/aromatic N) is 3. The van der Waals surface area contributed by atoms with E-state index in [0.29, 0.717) is 16.9 Å². The van der Waals surface area contributed by atoms with Crippen LogP contribution in [0.3, 0.4) is 0 Å². The SMILES string of the molecule is Clc1ccc(C=NNc2nc(-c3ccccc3)c3cc(Br)ccc3n2)o1. The molecule has 4 rings (SSSR count). The van der Waals surface area contributed by atoms with E-state index in [1.54, 1.807) is 12.1 Å². The molecule has 2 heterocycles. The van der Waals surface area contributed by atoms with Crippen molar-refractivity contribution in [3.05, 3.63) is 76.1 Å². The van der Waals surface area contributed by atoms with Gasteiger partial charge in [-0.2, -0.15) is 5.10 Å². The Morgan fingerprint density at radius 3 is 2.65 bits per heavy atom. The zero-order valence-electron chi connectivity index (χ0n) is 13.4. The quantitative estimate of drug-likeness (QED) is 0.332. The zero-order chi connectivity index (χ0) is 17.9. The molecule has 0 radical (unpaired) electrons. The van der Waals surface area contributed by atoms with Crippen LogP contribution in [0.2, 0.25) is 5.22 Å². The Kier molecular flexibility index (Phi) is 4.69. The third kappa shape index (κ3) is 3.61. The lowest BCUT2D eigenvalue weighted by Crippen LogP contribution is -1.99. The lowest BCUT2D eigenvalue weighted by atomic mass is 10.1. The van der Waals surface area contributed by atoms with Gasteiger partial charge >= 0.3 is 0 Å². The van der Waals surface area contributed by atoms with Gasteiger partial charge in [0.2, 0.25) is 5.95 Å². The van der Waals surface area contributed by atoms with Crippen LogP contribution in [0, 0.1) is 0 Å². The van der Waals surface area contributed by atoms with Gasteiger partial charge in [0, 0.05) is 15.4 Å². The first-order valence-electron chi connectivity index (χ1n) is 7.76. The molecule has 0 saturated carbocycles. The topological polar surface area (TPSA) is 63.3 Å². The molecule has 5 nitrogen and oxygen atoms in total. The summed E-state index contributed by atoms with van der Waals surface area (Å²) < 4.78 is 6.20. The molecule has 0 spiro atoms. The third-order valence-electron chi connectivity index (χ3n) is 3.66. The smallest absolute Gasteiger partial charge is 0.244 e. The molecule has 0 bridgehead atoms. The Bertz CT molecular complexity index is 1100. The van der Waals surface area contributed by atoms with E-state index in [-0.39, 0.29) is 0 Å². The van der Waals surface area contributed by atoms with Crippen molar-refractivity contribution in [2.45, 2.75) is 0 Å². The molecule has 0 aliphatic heterocycles. The van der Waals surface area contributed by atoms with Gasteiger partial charge < -0.3 is 4.42 Å². The van der Waals surface area contributed by atoms with Crippen molar-refractivity contribution < 1.29 is 4.42 Å². The minimum Gasteiger partial charge on any atom is -0.444 e. The van der Waals surface area contributed by atoms with Crippen molar-refractivity contribution in [1.82, 2.24) is 9.97 Å². The molecule has 2 aromatic heterocycles. The largest absolute Gasteiger partial charge is 0.444 e. The summed E-state index contributed by atoms with van der Waals surface area (Å²) >= 11 is 9.26. The highest BCUT2D eigenvalue weighted by Crippen LogP contribution is 2.29. The highest BCUT2D eigenvalue weighted by atomic mass is 79.9. The number of benzene rings is 2. The fraction of sp³-hybridized carbons (Fsp3) is 0. The van der Waals surface area contributed by atoms with E-state index in [0.717, 1.165) is 26.6 Å². The summed E-state index contributed by atoms with van der Waals surface area (Å²) in [5.41, 5.74) is 5.50. The number of rotatable bonds is 4. The number of hydrogen-bond donors (Lipinski definition) is 1. The van der Waals surface area contributed by atoms with Crippen LogP contribution in [-0.4, -0.2) is 16.2 Å². The summed E-state index contributed by atoms with van der Waals surface area (Å²) in [7, 11) is 0. The molecule has 1 N–H and O–H groups in total. The van der Waals surface area contributed by atoms with Crippen LogP contribution in [0.1, 0.15) is 5.76 Å². The number of hydrazone groups is 1. The highest BCUT2D eigenvalue weighted by molar-refractivity contribution is 9.10. The van der Waals surface area contributed by atoms with E-state index in [1.807, 2.05) is 48.5 Å². The van der Waals surface area contributed by atoms with Crippen molar-refractivity contribution in [3.8, 4) is 11.3 Å². The van der Waals surface area contributed by atoms with Gasteiger partial charge in [0.05, 0.1) is 17.4 Å². The second-order valence-electron chi connectivity index (χ2n) is 5.44. The van der Waals surface area contributed by atoms with Crippen molar-refractivity contribution in [2.24, 2.45) is 5.10 Å². The van der Waals surface area contributed by atoms with E-state index in [4.69, 9.17) is 16.0 Å². The van der Waals surface area contributed by atoms with Crippen LogP contribution in [0.4, 0.5) is 5.95 Å². The van der Waals surface area contributed by atoms with Crippen molar-refractivity contribution >= 4 is 50.6 Å². The van der Waals surface area contributed by atoms with Gasteiger partial charge in [-0.3, -0.25) is 0 Å². The van der Waals surface area contributed by atoms with E-state index in [2.05, 4.69) is 36.4 Å². The maximum absolute atomic E-state index is 5.75. The van der Waals surface area contributed by atoms with Gasteiger partial charge in [-0.1, -0.05) is 46.3 Å². The summed E-state index contributed by atoms with van der Waals surface area (Å²) in [6.45, 7) is 0. The molecule has 7 heteroatoms. The second kappa shape index (κ2) is 7.27. The van der Waals surface area contributed by atoms with Crippen molar-refractivity contribution in [1.29, 1.82) is 0 Å². The second-order valence-corrected chi connectivity index (χ2v) is 6.72. The fourth-order valence-corrected chi connectivity index (χ4v) is 3.03. The van der Waals surface area contributed by atoms with Gasteiger partial charge in [-0.25, -0.2) is 15.4 Å². The molecular formula is C19H12BrClN4O. The Hall–Kier alpha value is -2.70. The number of fused-ring (bicyclic) bond motifs is 1. The predicted octanol–water partition coefficient (Wildman–Crippen LogP) is 5.75. The molecule has 2 aromatic carbocycles. The first-order chi connectivity index (χ1) is 12.7. The molecule has 0 saturated heterocycles. The third-order valence-corrected chi connectivity index (χ3v) is 4.35. The number of nitrogens with one attached hydrogen (secondary N) is 1. The van der Waals surface area contributed by atoms with Crippen LogP contribution < -0.4 is 5.43 Å². The molecule has 0 amide bonds. The van der Waals surface area contributed by atoms with E-state index in [9.17, 15) is 0 Å². The number of furan rings is 1. The normalized spacial score (nSPS) is 11.3. The Morgan fingerprint density at radius 1 is 1.04 bits per heavy atom. The molecule has 4 aromatic rings. The summed E-state index contributed by atoms with van der Waals surface area (Å²) in [4.78, 5) is 9.16. The fourth-order valence-electron chi connectivity index (χ4n) is 2.52. The maximum atomic E-state index is 5.75. The van der Waals surface area contributed by atoms with Gasteiger partial charge in [0.25, 0.3) is 0 Å².